The number of hydrogen-bond donors (Lipinski definition) is 1. The normalized spacial score (nSPS) is 21.9. The van der Waals surface area contributed by atoms with Crippen LogP contribution in [0.1, 0.15) is 78.6 Å². The van der Waals surface area contributed by atoms with E-state index in [4.69, 9.17) is 0 Å². The van der Waals surface area contributed by atoms with E-state index in [2.05, 4.69) is 26.1 Å². The summed E-state index contributed by atoms with van der Waals surface area (Å²) in [4.78, 5) is 0. The van der Waals surface area contributed by atoms with Gasteiger partial charge in [-0.3, -0.25) is 0 Å². The highest BCUT2D eigenvalue weighted by Crippen LogP contribution is 2.26. The van der Waals surface area contributed by atoms with E-state index in [9.17, 15) is 0 Å². The molecular weight excluding hydrogens is 194 g/mol. The third kappa shape index (κ3) is 5.34. The smallest absolute Gasteiger partial charge is 0.00694 e. The van der Waals surface area contributed by atoms with Crippen molar-refractivity contribution < 1.29 is 0 Å². The molecule has 1 nitrogen and oxygen atoms in total. The van der Waals surface area contributed by atoms with Gasteiger partial charge < -0.3 is 5.32 Å². The predicted octanol–water partition coefficient (Wildman–Crippen LogP) is 4.51. The van der Waals surface area contributed by atoms with Gasteiger partial charge in [0.2, 0.25) is 0 Å². The van der Waals surface area contributed by atoms with Crippen LogP contribution in [-0.2, 0) is 0 Å². The van der Waals surface area contributed by atoms with E-state index in [0.717, 1.165) is 12.0 Å². The molecule has 0 bridgehead atoms. The number of unbranched alkanes of at least 4 members (excludes halogenated alkanes) is 2. The van der Waals surface area contributed by atoms with Gasteiger partial charge in [0.25, 0.3) is 0 Å². The van der Waals surface area contributed by atoms with Crippen LogP contribution in [0.3, 0.4) is 0 Å². The molecule has 1 fully saturated rings. The maximum atomic E-state index is 3.81. The third-order valence-corrected chi connectivity index (χ3v) is 4.15. The van der Waals surface area contributed by atoms with Crippen LogP contribution in [0.4, 0.5) is 0 Å². The summed E-state index contributed by atoms with van der Waals surface area (Å²) in [6, 6.07) is 1.44. The Balaban J connectivity index is 2.13. The highest BCUT2D eigenvalue weighted by atomic mass is 14.9. The minimum Gasteiger partial charge on any atom is -0.312 e. The summed E-state index contributed by atoms with van der Waals surface area (Å²) in [5.74, 6) is 0.947. The second kappa shape index (κ2) is 8.11. The summed E-state index contributed by atoms with van der Waals surface area (Å²) in [5.41, 5.74) is 0. The minimum absolute atomic E-state index is 0.712. The van der Waals surface area contributed by atoms with Crippen LogP contribution in [-0.4, -0.2) is 12.1 Å². The third-order valence-electron chi connectivity index (χ3n) is 4.15. The second-order valence-electron chi connectivity index (χ2n) is 5.75. The lowest BCUT2D eigenvalue weighted by Gasteiger charge is -2.30. The van der Waals surface area contributed by atoms with E-state index in [-0.39, 0.29) is 0 Å². The first-order valence-corrected chi connectivity index (χ1v) is 7.50. The van der Waals surface area contributed by atoms with E-state index >= 15 is 0 Å². The van der Waals surface area contributed by atoms with Crippen molar-refractivity contribution in [2.24, 2.45) is 5.92 Å². The zero-order valence-electron chi connectivity index (χ0n) is 11.6. The van der Waals surface area contributed by atoms with Crippen LogP contribution >= 0.6 is 0 Å². The Morgan fingerprint density at radius 3 is 2.38 bits per heavy atom. The van der Waals surface area contributed by atoms with Gasteiger partial charge in [-0.15, -0.1) is 0 Å². The maximum absolute atomic E-state index is 3.81. The molecular formula is C15H31N. The molecule has 1 N–H and O–H groups in total. The molecule has 1 aliphatic rings. The second-order valence-corrected chi connectivity index (χ2v) is 5.75. The molecule has 0 aromatic rings. The molecule has 1 rings (SSSR count). The molecule has 0 radical (unpaired) electrons. The Bertz CT molecular complexity index is 161. The Kier molecular flexibility index (Phi) is 7.11. The predicted molar refractivity (Wildman–Crippen MR) is 72.8 cm³/mol. The van der Waals surface area contributed by atoms with Gasteiger partial charge in [0.05, 0.1) is 0 Å². The molecule has 1 saturated carbocycles. The Hall–Kier alpha value is -0.0400. The first-order valence-electron chi connectivity index (χ1n) is 7.50. The average Bonchev–Trinajstić information content (AvgIpc) is 2.30. The molecule has 0 saturated heterocycles. The highest BCUT2D eigenvalue weighted by molar-refractivity contribution is 4.78. The molecule has 0 aliphatic heterocycles. The van der Waals surface area contributed by atoms with Crippen molar-refractivity contribution in [3.05, 3.63) is 0 Å². The number of hydrogen-bond acceptors (Lipinski definition) is 1. The summed E-state index contributed by atoms with van der Waals surface area (Å²) in [6.07, 6.45) is 12.8. The van der Waals surface area contributed by atoms with Crippen molar-refractivity contribution in [2.45, 2.75) is 90.6 Å². The molecule has 16 heavy (non-hydrogen) atoms. The standard InChI is InChI=1S/C15H31N/c1-4-5-7-10-13(2)16-14(3)15-11-8-6-9-12-15/h13-16H,4-12H2,1-3H3. The zero-order valence-corrected chi connectivity index (χ0v) is 11.6. The lowest BCUT2D eigenvalue weighted by molar-refractivity contribution is 0.263. The fourth-order valence-corrected chi connectivity index (χ4v) is 3.00. The highest BCUT2D eigenvalue weighted by Gasteiger charge is 2.20. The van der Waals surface area contributed by atoms with Gasteiger partial charge in [0.15, 0.2) is 0 Å². The van der Waals surface area contributed by atoms with E-state index in [1.54, 1.807) is 0 Å². The van der Waals surface area contributed by atoms with Crippen LogP contribution in [0.5, 0.6) is 0 Å². The summed E-state index contributed by atoms with van der Waals surface area (Å²) < 4.78 is 0. The van der Waals surface area contributed by atoms with Crippen molar-refractivity contribution in [1.29, 1.82) is 0 Å². The van der Waals surface area contributed by atoms with Gasteiger partial charge in [-0.2, -0.15) is 0 Å². The van der Waals surface area contributed by atoms with Crippen LogP contribution in [0.25, 0.3) is 0 Å². The molecule has 2 atom stereocenters. The summed E-state index contributed by atoms with van der Waals surface area (Å²) in [6.45, 7) is 7.03. The Morgan fingerprint density at radius 1 is 1.06 bits per heavy atom. The summed E-state index contributed by atoms with van der Waals surface area (Å²) in [5, 5.41) is 3.81. The van der Waals surface area contributed by atoms with Crippen molar-refractivity contribution in [3.8, 4) is 0 Å². The SMILES string of the molecule is CCCCCC(C)NC(C)C1CCCCC1. The van der Waals surface area contributed by atoms with E-state index < -0.39 is 0 Å². The van der Waals surface area contributed by atoms with Gasteiger partial charge in [0.1, 0.15) is 0 Å². The van der Waals surface area contributed by atoms with Gasteiger partial charge in [-0.1, -0.05) is 45.4 Å². The van der Waals surface area contributed by atoms with Gasteiger partial charge in [-0.05, 0) is 39.0 Å². The topological polar surface area (TPSA) is 12.0 Å². The molecule has 0 amide bonds. The van der Waals surface area contributed by atoms with Crippen LogP contribution in [0, 0.1) is 5.92 Å². The average molecular weight is 225 g/mol. The first kappa shape index (κ1) is 14.0. The minimum atomic E-state index is 0.712. The van der Waals surface area contributed by atoms with Crippen LogP contribution < -0.4 is 5.32 Å². The van der Waals surface area contributed by atoms with Gasteiger partial charge in [-0.25, -0.2) is 0 Å². The van der Waals surface area contributed by atoms with Gasteiger partial charge in [0, 0.05) is 12.1 Å². The van der Waals surface area contributed by atoms with Crippen LogP contribution in [0.15, 0.2) is 0 Å². The monoisotopic (exact) mass is 225 g/mol. The number of rotatable bonds is 7. The summed E-state index contributed by atoms with van der Waals surface area (Å²) >= 11 is 0. The lowest BCUT2D eigenvalue weighted by Crippen LogP contribution is -2.40. The van der Waals surface area contributed by atoms with Gasteiger partial charge >= 0.3 is 0 Å². The molecule has 0 aromatic heterocycles. The fraction of sp³-hybridized carbons (Fsp3) is 1.00. The first-order chi connectivity index (χ1) is 7.74. The largest absolute Gasteiger partial charge is 0.312 e. The Morgan fingerprint density at radius 2 is 1.75 bits per heavy atom. The molecule has 0 heterocycles. The molecule has 0 aromatic carbocycles. The number of nitrogens with one attached hydrogen (secondary N) is 1. The summed E-state index contributed by atoms with van der Waals surface area (Å²) in [7, 11) is 0. The van der Waals surface area contributed by atoms with E-state index in [1.165, 1.54) is 57.8 Å². The van der Waals surface area contributed by atoms with Crippen molar-refractivity contribution in [2.75, 3.05) is 0 Å². The van der Waals surface area contributed by atoms with Crippen molar-refractivity contribution in [3.63, 3.8) is 0 Å². The molecule has 1 aliphatic carbocycles. The fourth-order valence-electron chi connectivity index (χ4n) is 3.00. The van der Waals surface area contributed by atoms with Crippen molar-refractivity contribution >= 4 is 0 Å². The molecule has 2 unspecified atom stereocenters. The lowest BCUT2D eigenvalue weighted by atomic mass is 9.84. The van der Waals surface area contributed by atoms with Crippen LogP contribution in [0.2, 0.25) is 0 Å². The zero-order chi connectivity index (χ0) is 11.8. The van der Waals surface area contributed by atoms with E-state index in [1.807, 2.05) is 0 Å². The van der Waals surface area contributed by atoms with Crippen molar-refractivity contribution in [1.82, 2.24) is 5.32 Å². The maximum Gasteiger partial charge on any atom is 0.00694 e. The molecule has 0 spiro atoms. The van der Waals surface area contributed by atoms with E-state index in [0.29, 0.717) is 6.04 Å². The Labute approximate surface area is 102 Å². The quantitative estimate of drug-likeness (QED) is 0.628. The molecule has 96 valence electrons. The molecule has 1 heteroatoms.